The Labute approximate surface area is 150 Å². The minimum atomic E-state index is -0.485. The van der Waals surface area contributed by atoms with Crippen LogP contribution in [0.1, 0.15) is 23.3 Å². The minimum Gasteiger partial charge on any atom is -0.485 e. The van der Waals surface area contributed by atoms with Gasteiger partial charge < -0.3 is 19.9 Å². The molecule has 9 nitrogen and oxygen atoms in total. The molecule has 1 aromatic carbocycles. The Morgan fingerprint density at radius 2 is 2.12 bits per heavy atom. The van der Waals surface area contributed by atoms with Gasteiger partial charge in [-0.15, -0.1) is 0 Å². The molecule has 0 spiro atoms. The number of likely N-dealkylation sites (N-methyl/N-ethyl adjacent to an activating group) is 1. The quantitative estimate of drug-likeness (QED) is 0.662. The van der Waals surface area contributed by atoms with Gasteiger partial charge in [-0.2, -0.15) is 10.1 Å². The topological polar surface area (TPSA) is 107 Å². The summed E-state index contributed by atoms with van der Waals surface area (Å²) in [5.41, 5.74) is 1.46. The molecular weight excluding hydrogens is 336 g/mol. The average molecular weight is 356 g/mol. The normalized spacial score (nSPS) is 12.0. The fraction of sp³-hybridized carbons (Fsp3) is 0.294. The molecule has 2 heterocycles. The number of nitrogens with one attached hydrogen (secondary N) is 2. The predicted molar refractivity (Wildman–Crippen MR) is 93.4 cm³/mol. The number of rotatable bonds is 7. The first-order valence-corrected chi connectivity index (χ1v) is 8.04. The number of hydrogen-bond donors (Lipinski definition) is 2. The lowest BCUT2D eigenvalue weighted by Crippen LogP contribution is -2.30. The van der Waals surface area contributed by atoms with Crippen LogP contribution in [0.3, 0.4) is 0 Å². The first kappa shape index (κ1) is 17.6. The number of aromatic nitrogens is 4. The second-order valence-corrected chi connectivity index (χ2v) is 5.70. The van der Waals surface area contributed by atoms with E-state index in [0.29, 0.717) is 23.2 Å². The summed E-state index contributed by atoms with van der Waals surface area (Å²) >= 11 is 0. The van der Waals surface area contributed by atoms with Crippen LogP contribution >= 0.6 is 0 Å². The van der Waals surface area contributed by atoms with Crippen molar-refractivity contribution < 1.29 is 14.1 Å². The molecule has 0 bridgehead atoms. The number of carbonyl (C=O) groups excluding carboxylic acids is 1. The van der Waals surface area contributed by atoms with Gasteiger partial charge in [-0.25, -0.2) is 0 Å². The molecule has 1 unspecified atom stereocenters. The van der Waals surface area contributed by atoms with Crippen LogP contribution in [-0.4, -0.2) is 32.9 Å². The molecule has 3 rings (SSSR count). The summed E-state index contributed by atoms with van der Waals surface area (Å²) in [6, 6.07) is 6.58. The van der Waals surface area contributed by atoms with Crippen molar-refractivity contribution in [3.8, 4) is 5.75 Å². The van der Waals surface area contributed by atoms with E-state index in [1.807, 2.05) is 7.05 Å². The Hall–Kier alpha value is -3.20. The number of anilines is 1. The van der Waals surface area contributed by atoms with E-state index < -0.39 is 6.04 Å². The Bertz CT molecular complexity index is 871. The largest absolute Gasteiger partial charge is 0.485 e. The van der Waals surface area contributed by atoms with E-state index in [9.17, 15) is 4.79 Å². The average Bonchev–Trinajstić information content (AvgIpc) is 3.23. The van der Waals surface area contributed by atoms with Crippen molar-refractivity contribution in [3.63, 3.8) is 0 Å². The zero-order chi connectivity index (χ0) is 18.5. The maximum atomic E-state index is 12.5. The summed E-state index contributed by atoms with van der Waals surface area (Å²) in [4.78, 5) is 16.6. The van der Waals surface area contributed by atoms with Crippen LogP contribution in [0, 0.1) is 6.92 Å². The Morgan fingerprint density at radius 3 is 2.69 bits per heavy atom. The first-order valence-electron chi connectivity index (χ1n) is 8.04. The maximum absolute atomic E-state index is 12.5. The lowest BCUT2D eigenvalue weighted by atomic mass is 10.1. The predicted octanol–water partition coefficient (Wildman–Crippen LogP) is 1.59. The van der Waals surface area contributed by atoms with Gasteiger partial charge >= 0.3 is 0 Å². The molecule has 3 aromatic rings. The number of aryl methyl sites for hydroxylation is 2. The van der Waals surface area contributed by atoms with E-state index in [0.717, 1.165) is 5.56 Å². The molecule has 0 fully saturated rings. The summed E-state index contributed by atoms with van der Waals surface area (Å²) in [6.45, 7) is 1.93. The maximum Gasteiger partial charge on any atom is 0.246 e. The molecule has 0 aliphatic rings. The highest BCUT2D eigenvalue weighted by atomic mass is 16.5. The minimum absolute atomic E-state index is 0.170. The molecular formula is C17H20N6O3. The van der Waals surface area contributed by atoms with E-state index in [1.54, 1.807) is 55.3 Å². The highest BCUT2D eigenvalue weighted by Crippen LogP contribution is 2.19. The van der Waals surface area contributed by atoms with Gasteiger partial charge in [0.15, 0.2) is 6.61 Å². The molecule has 0 saturated carbocycles. The zero-order valence-corrected chi connectivity index (χ0v) is 14.8. The summed E-state index contributed by atoms with van der Waals surface area (Å²) in [7, 11) is 3.54. The lowest BCUT2D eigenvalue weighted by molar-refractivity contribution is -0.118. The number of amides is 1. The van der Waals surface area contributed by atoms with Crippen molar-refractivity contribution in [2.45, 2.75) is 19.6 Å². The smallest absolute Gasteiger partial charge is 0.246 e. The van der Waals surface area contributed by atoms with Crippen LogP contribution in [0.4, 0.5) is 5.69 Å². The number of carbonyl (C=O) groups is 1. The van der Waals surface area contributed by atoms with Gasteiger partial charge in [-0.1, -0.05) is 5.16 Å². The van der Waals surface area contributed by atoms with E-state index in [4.69, 9.17) is 9.26 Å². The summed E-state index contributed by atoms with van der Waals surface area (Å²) in [5, 5.41) is 13.7. The van der Waals surface area contributed by atoms with Crippen LogP contribution in [0.25, 0.3) is 0 Å². The molecule has 26 heavy (non-hydrogen) atoms. The van der Waals surface area contributed by atoms with Gasteiger partial charge in [0.1, 0.15) is 11.8 Å². The molecule has 1 amide bonds. The van der Waals surface area contributed by atoms with Gasteiger partial charge in [0.2, 0.25) is 17.6 Å². The van der Waals surface area contributed by atoms with E-state index >= 15 is 0 Å². The summed E-state index contributed by atoms with van der Waals surface area (Å²) in [6.07, 6.45) is 3.47. The van der Waals surface area contributed by atoms with Gasteiger partial charge in [0, 0.05) is 31.4 Å². The molecule has 0 aliphatic heterocycles. The van der Waals surface area contributed by atoms with Crippen LogP contribution in [-0.2, 0) is 18.4 Å². The first-order chi connectivity index (χ1) is 12.5. The van der Waals surface area contributed by atoms with E-state index in [2.05, 4.69) is 25.9 Å². The number of benzene rings is 1. The SMILES string of the molecule is CNC(C(=O)Nc1ccc(OCc2noc(C)n2)cc1)c1cnn(C)c1. The molecule has 0 radical (unpaired) electrons. The highest BCUT2D eigenvalue weighted by Gasteiger charge is 2.20. The molecule has 1 atom stereocenters. The monoisotopic (exact) mass is 356 g/mol. The van der Waals surface area contributed by atoms with Crippen molar-refractivity contribution in [2.24, 2.45) is 7.05 Å². The number of hydrogen-bond acceptors (Lipinski definition) is 7. The van der Waals surface area contributed by atoms with Gasteiger partial charge in [-0.3, -0.25) is 9.48 Å². The van der Waals surface area contributed by atoms with Gasteiger partial charge in [0.25, 0.3) is 0 Å². The number of ether oxygens (including phenoxy) is 1. The molecule has 136 valence electrons. The molecule has 9 heteroatoms. The second kappa shape index (κ2) is 7.79. The highest BCUT2D eigenvalue weighted by molar-refractivity contribution is 5.95. The third kappa shape index (κ3) is 4.25. The summed E-state index contributed by atoms with van der Waals surface area (Å²) < 4.78 is 12.1. The third-order valence-electron chi connectivity index (χ3n) is 3.67. The fourth-order valence-corrected chi connectivity index (χ4v) is 2.44. The molecule has 0 saturated heterocycles. The van der Waals surface area contributed by atoms with Crippen molar-refractivity contribution >= 4 is 11.6 Å². The van der Waals surface area contributed by atoms with Crippen molar-refractivity contribution in [2.75, 3.05) is 12.4 Å². The van der Waals surface area contributed by atoms with Crippen LogP contribution in [0.2, 0.25) is 0 Å². The molecule has 2 N–H and O–H groups in total. The Morgan fingerprint density at radius 1 is 1.35 bits per heavy atom. The molecule has 0 aliphatic carbocycles. The fourth-order valence-electron chi connectivity index (χ4n) is 2.44. The Balaban J connectivity index is 1.58. The zero-order valence-electron chi connectivity index (χ0n) is 14.8. The lowest BCUT2D eigenvalue weighted by Gasteiger charge is -2.14. The van der Waals surface area contributed by atoms with Crippen molar-refractivity contribution in [3.05, 3.63) is 53.9 Å². The van der Waals surface area contributed by atoms with E-state index in [-0.39, 0.29) is 12.5 Å². The molecule has 2 aromatic heterocycles. The standard InChI is InChI=1S/C17H20N6O3/c1-11-20-15(22-26-11)10-25-14-6-4-13(5-7-14)21-17(24)16(18-2)12-8-19-23(3)9-12/h4-9,16,18H,10H2,1-3H3,(H,21,24). The van der Waals surface area contributed by atoms with Crippen LogP contribution < -0.4 is 15.4 Å². The van der Waals surface area contributed by atoms with Crippen molar-refractivity contribution in [1.29, 1.82) is 0 Å². The van der Waals surface area contributed by atoms with Crippen molar-refractivity contribution in [1.82, 2.24) is 25.2 Å². The Kier molecular flexibility index (Phi) is 5.28. The second-order valence-electron chi connectivity index (χ2n) is 5.70. The van der Waals surface area contributed by atoms with E-state index in [1.165, 1.54) is 0 Å². The van der Waals surface area contributed by atoms with Crippen LogP contribution in [0.5, 0.6) is 5.75 Å². The third-order valence-corrected chi connectivity index (χ3v) is 3.67. The van der Waals surface area contributed by atoms with Crippen LogP contribution in [0.15, 0.2) is 41.2 Å². The summed E-state index contributed by atoms with van der Waals surface area (Å²) in [5.74, 6) is 1.45. The van der Waals surface area contributed by atoms with Gasteiger partial charge in [0.05, 0.1) is 6.20 Å². The van der Waals surface area contributed by atoms with Gasteiger partial charge in [-0.05, 0) is 31.3 Å². The number of nitrogens with zero attached hydrogens (tertiary/aromatic N) is 4.